The maximum absolute atomic E-state index is 6.57. The Bertz CT molecular complexity index is 2720. The van der Waals surface area contributed by atoms with Crippen molar-refractivity contribution in [2.45, 2.75) is 19.3 Å². The summed E-state index contributed by atoms with van der Waals surface area (Å²) in [6.07, 6.45) is 0. The zero-order valence-corrected chi connectivity index (χ0v) is 28.6. The largest absolute Gasteiger partial charge is 0.455 e. The molecule has 51 heavy (non-hydrogen) atoms. The summed E-state index contributed by atoms with van der Waals surface area (Å²) in [5.41, 5.74) is 15.1. The molecule has 1 aliphatic carbocycles. The molecule has 1 heterocycles. The predicted octanol–water partition coefficient (Wildman–Crippen LogP) is 13.8. The second kappa shape index (κ2) is 11.3. The molecule has 0 saturated carbocycles. The van der Waals surface area contributed by atoms with Crippen LogP contribution < -0.4 is 4.90 Å². The van der Waals surface area contributed by atoms with Crippen molar-refractivity contribution in [2.75, 3.05) is 4.90 Å². The zero-order chi connectivity index (χ0) is 34.1. The van der Waals surface area contributed by atoms with Gasteiger partial charge >= 0.3 is 0 Å². The van der Waals surface area contributed by atoms with Crippen molar-refractivity contribution in [2.24, 2.45) is 0 Å². The molecule has 1 aliphatic rings. The molecule has 8 aromatic carbocycles. The summed E-state index contributed by atoms with van der Waals surface area (Å²) in [6.45, 7) is 4.71. The van der Waals surface area contributed by atoms with Crippen LogP contribution in [0, 0.1) is 0 Å². The third-order valence-electron chi connectivity index (χ3n) is 10.8. The van der Waals surface area contributed by atoms with Crippen LogP contribution in [0.3, 0.4) is 0 Å². The molecule has 0 saturated heterocycles. The van der Waals surface area contributed by atoms with E-state index < -0.39 is 0 Å². The van der Waals surface area contributed by atoms with Crippen LogP contribution >= 0.6 is 0 Å². The quantitative estimate of drug-likeness (QED) is 0.184. The minimum absolute atomic E-state index is 0.131. The van der Waals surface area contributed by atoms with E-state index in [1.165, 1.54) is 44.5 Å². The average molecular weight is 654 g/mol. The molecular formula is C49H35NO. The van der Waals surface area contributed by atoms with Gasteiger partial charge in [0.2, 0.25) is 0 Å². The summed E-state index contributed by atoms with van der Waals surface area (Å²) in [6, 6.07) is 63.8. The van der Waals surface area contributed by atoms with Crippen molar-refractivity contribution in [3.8, 4) is 33.4 Å². The summed E-state index contributed by atoms with van der Waals surface area (Å²) in [4.78, 5) is 2.45. The molecule has 9 aromatic rings. The molecule has 0 radical (unpaired) electrons. The van der Waals surface area contributed by atoms with Crippen LogP contribution in [0.4, 0.5) is 17.1 Å². The van der Waals surface area contributed by atoms with Gasteiger partial charge in [0.25, 0.3) is 0 Å². The number of furan rings is 1. The molecule has 0 bridgehead atoms. The van der Waals surface area contributed by atoms with Crippen LogP contribution in [-0.4, -0.2) is 0 Å². The summed E-state index contributed by atoms with van der Waals surface area (Å²) < 4.78 is 6.57. The molecular weight excluding hydrogens is 619 g/mol. The lowest BCUT2D eigenvalue weighted by Crippen LogP contribution is -2.16. The molecule has 0 spiro atoms. The maximum atomic E-state index is 6.57. The van der Waals surface area contributed by atoms with E-state index >= 15 is 0 Å². The smallest absolute Gasteiger partial charge is 0.143 e. The topological polar surface area (TPSA) is 16.4 Å². The second-order valence-corrected chi connectivity index (χ2v) is 14.1. The van der Waals surface area contributed by atoms with Gasteiger partial charge < -0.3 is 9.32 Å². The molecule has 2 heteroatoms. The molecule has 0 aliphatic heterocycles. The Morgan fingerprint density at radius 1 is 0.412 bits per heavy atom. The first-order chi connectivity index (χ1) is 25.0. The third-order valence-corrected chi connectivity index (χ3v) is 10.8. The van der Waals surface area contributed by atoms with E-state index in [1.54, 1.807) is 0 Å². The number of hydrogen-bond donors (Lipinski definition) is 0. The van der Waals surface area contributed by atoms with E-state index in [9.17, 15) is 0 Å². The highest BCUT2D eigenvalue weighted by Gasteiger charge is 2.36. The van der Waals surface area contributed by atoms with Gasteiger partial charge in [0.1, 0.15) is 11.2 Å². The molecule has 242 valence electrons. The minimum atomic E-state index is -0.131. The molecule has 0 N–H and O–H groups in total. The Morgan fingerprint density at radius 2 is 1.02 bits per heavy atom. The number of benzene rings is 8. The Hall–Kier alpha value is -6.38. The van der Waals surface area contributed by atoms with Gasteiger partial charge in [-0.3, -0.25) is 0 Å². The van der Waals surface area contributed by atoms with Crippen LogP contribution in [0.5, 0.6) is 0 Å². The van der Waals surface area contributed by atoms with Gasteiger partial charge in [-0.1, -0.05) is 141 Å². The van der Waals surface area contributed by atoms with Crippen molar-refractivity contribution in [3.05, 3.63) is 187 Å². The second-order valence-electron chi connectivity index (χ2n) is 14.1. The van der Waals surface area contributed by atoms with E-state index in [2.05, 4.69) is 189 Å². The molecule has 10 rings (SSSR count). The molecule has 0 fully saturated rings. The first kappa shape index (κ1) is 29.5. The highest BCUT2D eigenvalue weighted by molar-refractivity contribution is 6.17. The van der Waals surface area contributed by atoms with Crippen LogP contribution in [0.2, 0.25) is 0 Å². The van der Waals surface area contributed by atoms with Gasteiger partial charge in [0.05, 0.1) is 5.69 Å². The number of fused-ring (bicyclic) bond motifs is 8. The number of para-hydroxylation sites is 1. The summed E-state index contributed by atoms with van der Waals surface area (Å²) >= 11 is 0. The average Bonchev–Trinajstić information content (AvgIpc) is 3.68. The fourth-order valence-electron chi connectivity index (χ4n) is 8.31. The SMILES string of the molecule is CC1(C)c2ccccc2-c2ccc(N(c3cc(-c4ccccc4)cc(-c4ccccc4)c3)c3cccc4c3ccc3c5ccccc5oc43)cc21. The number of rotatable bonds is 5. The number of anilines is 3. The fraction of sp³-hybridized carbons (Fsp3) is 0.0612. The van der Waals surface area contributed by atoms with Crippen molar-refractivity contribution < 1.29 is 4.42 Å². The summed E-state index contributed by atoms with van der Waals surface area (Å²) in [5.74, 6) is 0. The van der Waals surface area contributed by atoms with Crippen LogP contribution in [-0.2, 0) is 5.41 Å². The third kappa shape index (κ3) is 4.64. The van der Waals surface area contributed by atoms with Gasteiger partial charge in [0.15, 0.2) is 0 Å². The van der Waals surface area contributed by atoms with Gasteiger partial charge in [-0.2, -0.15) is 0 Å². The molecule has 1 aromatic heterocycles. The molecule has 0 atom stereocenters. The molecule has 2 nitrogen and oxygen atoms in total. The summed E-state index contributed by atoms with van der Waals surface area (Å²) in [5, 5.41) is 4.51. The van der Waals surface area contributed by atoms with E-state index in [1.807, 2.05) is 6.07 Å². The highest BCUT2D eigenvalue weighted by Crippen LogP contribution is 2.51. The van der Waals surface area contributed by atoms with Crippen molar-refractivity contribution in [1.29, 1.82) is 0 Å². The number of nitrogens with zero attached hydrogens (tertiary/aromatic N) is 1. The van der Waals surface area contributed by atoms with Crippen LogP contribution in [0.1, 0.15) is 25.0 Å². The van der Waals surface area contributed by atoms with Gasteiger partial charge in [0, 0.05) is 38.3 Å². The van der Waals surface area contributed by atoms with Gasteiger partial charge in [-0.15, -0.1) is 0 Å². The Morgan fingerprint density at radius 3 is 1.78 bits per heavy atom. The lowest BCUT2D eigenvalue weighted by molar-refractivity contribution is 0.660. The van der Waals surface area contributed by atoms with Crippen LogP contribution in [0.25, 0.3) is 66.1 Å². The minimum Gasteiger partial charge on any atom is -0.455 e. The lowest BCUT2D eigenvalue weighted by atomic mass is 9.82. The zero-order valence-electron chi connectivity index (χ0n) is 28.6. The van der Waals surface area contributed by atoms with Crippen molar-refractivity contribution in [3.63, 3.8) is 0 Å². The molecule has 0 unspecified atom stereocenters. The highest BCUT2D eigenvalue weighted by atomic mass is 16.3. The molecule has 0 amide bonds. The first-order valence-electron chi connectivity index (χ1n) is 17.7. The predicted molar refractivity (Wildman–Crippen MR) is 214 cm³/mol. The van der Waals surface area contributed by atoms with E-state index in [0.29, 0.717) is 0 Å². The number of hydrogen-bond acceptors (Lipinski definition) is 2. The summed E-state index contributed by atoms with van der Waals surface area (Å²) in [7, 11) is 0. The van der Waals surface area contributed by atoms with Crippen LogP contribution in [0.15, 0.2) is 180 Å². The fourth-order valence-corrected chi connectivity index (χ4v) is 8.31. The Labute approximate surface area is 297 Å². The normalized spacial score (nSPS) is 13.1. The first-order valence-corrected chi connectivity index (χ1v) is 17.7. The van der Waals surface area contributed by atoms with Gasteiger partial charge in [-0.05, 0) is 93.0 Å². The van der Waals surface area contributed by atoms with Gasteiger partial charge in [-0.25, -0.2) is 0 Å². The van der Waals surface area contributed by atoms with Crippen molar-refractivity contribution in [1.82, 2.24) is 0 Å². The standard InChI is InChI=1S/C49H35NO/c1-49(2)44-21-11-9-18-38(44)39-25-24-36(31-45(39)49)50(37-29-34(32-14-5-3-6-15-32)28-35(30-37)33-16-7-4-8-17-33)46-22-13-20-42-40(46)26-27-43-41-19-10-12-23-47(41)51-48(42)43/h3-31H,1-2H3. The Balaban J connectivity index is 1.26. The lowest BCUT2D eigenvalue weighted by Gasteiger charge is -2.30. The Kier molecular flexibility index (Phi) is 6.56. The van der Waals surface area contributed by atoms with Crippen molar-refractivity contribution >= 4 is 49.8 Å². The van der Waals surface area contributed by atoms with E-state index in [-0.39, 0.29) is 5.41 Å². The maximum Gasteiger partial charge on any atom is 0.143 e. The monoisotopic (exact) mass is 653 g/mol. The van der Waals surface area contributed by atoms with E-state index in [0.717, 1.165) is 49.8 Å². The van der Waals surface area contributed by atoms with E-state index in [4.69, 9.17) is 4.42 Å².